The number of furan rings is 1. The lowest BCUT2D eigenvalue weighted by atomic mass is 10.2. The Morgan fingerprint density at radius 3 is 2.81 bits per heavy atom. The first-order chi connectivity index (χ1) is 7.42. The van der Waals surface area contributed by atoms with Crippen LogP contribution >= 0.6 is 0 Å². The number of nitrogens with one attached hydrogen (secondary N) is 1. The van der Waals surface area contributed by atoms with Gasteiger partial charge in [0.2, 0.25) is 0 Å². The number of carbonyl (C=O) groups excluding carboxylic acids is 1. The Morgan fingerprint density at radius 1 is 1.56 bits per heavy atom. The molecule has 0 saturated heterocycles. The van der Waals surface area contributed by atoms with Crippen molar-refractivity contribution < 1.29 is 19.1 Å². The Labute approximate surface area is 94.4 Å². The second-order valence-electron chi connectivity index (χ2n) is 4.38. The van der Waals surface area contributed by atoms with E-state index in [4.69, 9.17) is 14.3 Å². The van der Waals surface area contributed by atoms with Gasteiger partial charge in [-0.15, -0.1) is 0 Å². The van der Waals surface area contributed by atoms with Crippen LogP contribution in [0.2, 0.25) is 0 Å². The summed E-state index contributed by atoms with van der Waals surface area (Å²) in [5, 5.41) is 11.5. The lowest BCUT2D eigenvalue weighted by Gasteiger charge is -2.19. The second kappa shape index (κ2) is 5.03. The maximum absolute atomic E-state index is 11.3. The van der Waals surface area contributed by atoms with Gasteiger partial charge in [0.05, 0.1) is 19.4 Å². The summed E-state index contributed by atoms with van der Waals surface area (Å²) >= 11 is 0. The zero-order valence-corrected chi connectivity index (χ0v) is 9.74. The predicted octanol–water partition coefficient (Wildman–Crippen LogP) is 1.80. The van der Waals surface area contributed by atoms with E-state index in [-0.39, 0.29) is 13.2 Å². The van der Waals surface area contributed by atoms with Crippen molar-refractivity contribution in [3.05, 3.63) is 23.7 Å². The molecule has 1 aromatic rings. The van der Waals surface area contributed by atoms with Crippen LogP contribution < -0.4 is 5.32 Å². The molecule has 1 heterocycles. The zero-order valence-electron chi connectivity index (χ0n) is 9.74. The molecular formula is C11H17NO4. The average molecular weight is 227 g/mol. The summed E-state index contributed by atoms with van der Waals surface area (Å²) in [7, 11) is 0. The third-order valence-electron chi connectivity index (χ3n) is 1.80. The number of carbonyl (C=O) groups is 1. The standard InChI is InChI=1S/C11H17NO4/c1-11(2,3)16-10(14)12-6-9-8(7-13)4-5-15-9/h4-5,13H,6-7H2,1-3H3,(H,12,14). The number of aliphatic hydroxyl groups excluding tert-OH is 1. The first-order valence-electron chi connectivity index (χ1n) is 5.05. The van der Waals surface area contributed by atoms with Crippen LogP contribution in [0.3, 0.4) is 0 Å². The van der Waals surface area contributed by atoms with Crippen LogP contribution in [0.5, 0.6) is 0 Å². The molecule has 0 radical (unpaired) electrons. The van der Waals surface area contributed by atoms with Crippen molar-refractivity contribution in [2.45, 2.75) is 39.5 Å². The highest BCUT2D eigenvalue weighted by Gasteiger charge is 2.16. The molecule has 90 valence electrons. The number of hydrogen-bond donors (Lipinski definition) is 2. The van der Waals surface area contributed by atoms with Crippen molar-refractivity contribution in [2.24, 2.45) is 0 Å². The van der Waals surface area contributed by atoms with Gasteiger partial charge < -0.3 is 19.6 Å². The van der Waals surface area contributed by atoms with Gasteiger partial charge in [-0.05, 0) is 26.8 Å². The van der Waals surface area contributed by atoms with E-state index in [1.165, 1.54) is 6.26 Å². The predicted molar refractivity (Wildman–Crippen MR) is 57.7 cm³/mol. The van der Waals surface area contributed by atoms with Crippen molar-refractivity contribution in [1.29, 1.82) is 0 Å². The minimum Gasteiger partial charge on any atom is -0.467 e. The van der Waals surface area contributed by atoms with Crippen LogP contribution in [0.25, 0.3) is 0 Å². The number of ether oxygens (including phenoxy) is 1. The third-order valence-corrected chi connectivity index (χ3v) is 1.80. The van der Waals surface area contributed by atoms with E-state index in [2.05, 4.69) is 5.32 Å². The number of aliphatic hydroxyl groups is 1. The van der Waals surface area contributed by atoms with E-state index in [9.17, 15) is 4.79 Å². The summed E-state index contributed by atoms with van der Waals surface area (Å²) in [4.78, 5) is 11.3. The van der Waals surface area contributed by atoms with Gasteiger partial charge in [-0.3, -0.25) is 0 Å². The Kier molecular flexibility index (Phi) is 3.95. The summed E-state index contributed by atoms with van der Waals surface area (Å²) in [5.41, 5.74) is 0.142. The number of alkyl carbamates (subject to hydrolysis) is 1. The largest absolute Gasteiger partial charge is 0.467 e. The Hall–Kier alpha value is -1.49. The molecule has 0 aromatic carbocycles. The number of rotatable bonds is 3. The third kappa shape index (κ3) is 3.94. The molecule has 0 bridgehead atoms. The monoisotopic (exact) mass is 227 g/mol. The Morgan fingerprint density at radius 2 is 2.25 bits per heavy atom. The second-order valence-corrected chi connectivity index (χ2v) is 4.38. The molecule has 0 aliphatic carbocycles. The van der Waals surface area contributed by atoms with E-state index in [1.54, 1.807) is 26.8 Å². The maximum Gasteiger partial charge on any atom is 0.408 e. The molecule has 1 aromatic heterocycles. The van der Waals surface area contributed by atoms with Gasteiger partial charge in [-0.1, -0.05) is 0 Å². The van der Waals surface area contributed by atoms with E-state index >= 15 is 0 Å². The van der Waals surface area contributed by atoms with Gasteiger partial charge >= 0.3 is 6.09 Å². The molecule has 16 heavy (non-hydrogen) atoms. The molecule has 0 unspecified atom stereocenters. The van der Waals surface area contributed by atoms with Gasteiger partial charge in [0.1, 0.15) is 11.4 Å². The fourth-order valence-corrected chi connectivity index (χ4v) is 1.13. The minimum atomic E-state index is -0.521. The van der Waals surface area contributed by atoms with Crippen LogP contribution in [0.4, 0.5) is 4.79 Å². The van der Waals surface area contributed by atoms with E-state index < -0.39 is 11.7 Å². The van der Waals surface area contributed by atoms with Gasteiger partial charge in [0.25, 0.3) is 0 Å². The molecule has 5 nitrogen and oxygen atoms in total. The molecule has 1 amide bonds. The van der Waals surface area contributed by atoms with E-state index in [0.29, 0.717) is 11.3 Å². The van der Waals surface area contributed by atoms with Crippen LogP contribution in [0, 0.1) is 0 Å². The normalized spacial score (nSPS) is 11.2. The maximum atomic E-state index is 11.3. The molecule has 0 atom stereocenters. The SMILES string of the molecule is CC(C)(C)OC(=O)NCc1occc1CO. The fourth-order valence-electron chi connectivity index (χ4n) is 1.13. The van der Waals surface area contributed by atoms with Crippen LogP contribution in [0.1, 0.15) is 32.1 Å². The molecular weight excluding hydrogens is 210 g/mol. The van der Waals surface area contributed by atoms with Crippen LogP contribution in [-0.4, -0.2) is 16.8 Å². The van der Waals surface area contributed by atoms with E-state index in [0.717, 1.165) is 0 Å². The fraction of sp³-hybridized carbons (Fsp3) is 0.545. The zero-order chi connectivity index (χ0) is 12.2. The highest BCUT2D eigenvalue weighted by Crippen LogP contribution is 2.11. The van der Waals surface area contributed by atoms with Gasteiger partial charge in [0.15, 0.2) is 0 Å². The van der Waals surface area contributed by atoms with Crippen molar-refractivity contribution in [1.82, 2.24) is 5.32 Å². The van der Waals surface area contributed by atoms with E-state index in [1.807, 2.05) is 0 Å². The van der Waals surface area contributed by atoms with Crippen molar-refractivity contribution in [3.63, 3.8) is 0 Å². The van der Waals surface area contributed by atoms with Crippen LogP contribution in [0.15, 0.2) is 16.7 Å². The summed E-state index contributed by atoms with van der Waals surface area (Å²) < 4.78 is 10.2. The lowest BCUT2D eigenvalue weighted by Crippen LogP contribution is -2.32. The summed E-state index contributed by atoms with van der Waals surface area (Å²) in [5.74, 6) is 0.536. The lowest BCUT2D eigenvalue weighted by molar-refractivity contribution is 0.0519. The van der Waals surface area contributed by atoms with Crippen molar-refractivity contribution in [3.8, 4) is 0 Å². The number of amides is 1. The summed E-state index contributed by atoms with van der Waals surface area (Å²) in [6, 6.07) is 1.66. The van der Waals surface area contributed by atoms with Crippen molar-refractivity contribution in [2.75, 3.05) is 0 Å². The molecule has 2 N–H and O–H groups in total. The topological polar surface area (TPSA) is 71.7 Å². The minimum absolute atomic E-state index is 0.109. The molecule has 0 aliphatic heterocycles. The molecule has 0 saturated carbocycles. The molecule has 1 rings (SSSR count). The van der Waals surface area contributed by atoms with Gasteiger partial charge in [-0.2, -0.15) is 0 Å². The summed E-state index contributed by atoms with van der Waals surface area (Å²) in [6.45, 7) is 5.47. The number of hydrogen-bond acceptors (Lipinski definition) is 4. The van der Waals surface area contributed by atoms with Gasteiger partial charge in [-0.25, -0.2) is 4.79 Å². The summed E-state index contributed by atoms with van der Waals surface area (Å²) in [6.07, 6.45) is 0.963. The molecule has 0 aliphatic rings. The average Bonchev–Trinajstić information content (AvgIpc) is 2.59. The quantitative estimate of drug-likeness (QED) is 0.825. The molecule has 0 spiro atoms. The van der Waals surface area contributed by atoms with Crippen LogP contribution in [-0.2, 0) is 17.9 Å². The molecule has 5 heteroatoms. The molecule has 0 fully saturated rings. The Balaban J connectivity index is 2.43. The first-order valence-corrected chi connectivity index (χ1v) is 5.05. The first kappa shape index (κ1) is 12.6. The smallest absolute Gasteiger partial charge is 0.408 e. The van der Waals surface area contributed by atoms with Gasteiger partial charge in [0, 0.05) is 5.56 Å². The Bertz CT molecular complexity index is 351. The highest BCUT2D eigenvalue weighted by atomic mass is 16.6. The highest BCUT2D eigenvalue weighted by molar-refractivity contribution is 5.67. The van der Waals surface area contributed by atoms with Crippen molar-refractivity contribution >= 4 is 6.09 Å².